The molecule has 0 aromatic heterocycles. The van der Waals surface area contributed by atoms with Gasteiger partial charge in [-0.25, -0.2) is 0 Å². The highest BCUT2D eigenvalue weighted by Gasteiger charge is 2.47. The van der Waals surface area contributed by atoms with E-state index in [-0.39, 0.29) is 16.7 Å². The third-order valence-electron chi connectivity index (χ3n) is 7.28. The highest BCUT2D eigenvalue weighted by molar-refractivity contribution is 6.51. The lowest BCUT2D eigenvalue weighted by Crippen LogP contribution is -2.29. The third-order valence-corrected chi connectivity index (χ3v) is 7.28. The summed E-state index contributed by atoms with van der Waals surface area (Å²) in [6.45, 7) is 8.60. The zero-order valence-corrected chi connectivity index (χ0v) is 23.2. The van der Waals surface area contributed by atoms with Gasteiger partial charge in [0.15, 0.2) is 0 Å². The number of carbonyl (C=O) groups excluding carboxylic acids is 2. The predicted molar refractivity (Wildman–Crippen MR) is 158 cm³/mol. The smallest absolute Gasteiger partial charge is 0.300 e. The van der Waals surface area contributed by atoms with E-state index in [0.717, 1.165) is 16.7 Å². The predicted octanol–water partition coefficient (Wildman–Crippen LogP) is 7.50. The number of hydrogen-bond donors (Lipinski definition) is 1. The molecule has 1 fully saturated rings. The first-order valence-electron chi connectivity index (χ1n) is 13.4. The van der Waals surface area contributed by atoms with Gasteiger partial charge in [0.25, 0.3) is 11.7 Å². The molecular weight excluding hydrogens is 498 g/mol. The molecule has 0 saturated carbocycles. The summed E-state index contributed by atoms with van der Waals surface area (Å²) in [5.74, 6) is -0.893. The number of rotatable bonds is 6. The van der Waals surface area contributed by atoms with Crippen LogP contribution in [0.3, 0.4) is 0 Å². The molecule has 40 heavy (non-hydrogen) atoms. The van der Waals surface area contributed by atoms with Crippen LogP contribution in [0, 0.1) is 6.92 Å². The molecule has 0 radical (unpaired) electrons. The molecule has 1 aliphatic rings. The number of aliphatic hydroxyl groups is 1. The normalized spacial score (nSPS) is 16.8. The number of amides is 1. The van der Waals surface area contributed by atoms with E-state index in [1.807, 2.05) is 97.9 Å². The maximum absolute atomic E-state index is 13.6. The van der Waals surface area contributed by atoms with Crippen LogP contribution in [0.15, 0.2) is 109 Å². The number of benzene rings is 4. The minimum atomic E-state index is -0.803. The fourth-order valence-corrected chi connectivity index (χ4v) is 4.98. The Balaban J connectivity index is 1.59. The van der Waals surface area contributed by atoms with Crippen LogP contribution in [-0.4, -0.2) is 16.8 Å². The van der Waals surface area contributed by atoms with Crippen LogP contribution >= 0.6 is 0 Å². The summed E-state index contributed by atoms with van der Waals surface area (Å²) >= 11 is 0. The number of ether oxygens (including phenoxy) is 1. The van der Waals surface area contributed by atoms with Crippen LogP contribution in [0.1, 0.15) is 54.6 Å². The molecule has 1 N–H and O–H groups in total. The van der Waals surface area contributed by atoms with Gasteiger partial charge in [0.1, 0.15) is 18.1 Å². The summed E-state index contributed by atoms with van der Waals surface area (Å²) in [7, 11) is 0. The van der Waals surface area contributed by atoms with Crippen LogP contribution in [0.4, 0.5) is 5.69 Å². The molecule has 1 saturated heterocycles. The van der Waals surface area contributed by atoms with Gasteiger partial charge < -0.3 is 9.84 Å². The lowest BCUT2D eigenvalue weighted by Gasteiger charge is -2.26. The Hall–Kier alpha value is -4.64. The molecule has 0 bridgehead atoms. The van der Waals surface area contributed by atoms with E-state index in [9.17, 15) is 14.7 Å². The third kappa shape index (κ3) is 5.28. The largest absolute Gasteiger partial charge is 0.507 e. The van der Waals surface area contributed by atoms with E-state index < -0.39 is 17.7 Å². The minimum absolute atomic E-state index is 0.0703. The van der Waals surface area contributed by atoms with Crippen molar-refractivity contribution in [2.24, 2.45) is 0 Å². The SMILES string of the molecule is Cc1ccc(C(C)(C)C)cc1/C(O)=C1\C(=O)C(=O)N(c2ccccc2)C1c1ccc(OCc2ccccc2)cc1. The van der Waals surface area contributed by atoms with E-state index >= 15 is 0 Å². The van der Waals surface area contributed by atoms with Crippen molar-refractivity contribution >= 4 is 23.1 Å². The Morgan fingerprint density at radius 1 is 0.850 bits per heavy atom. The lowest BCUT2D eigenvalue weighted by atomic mass is 9.84. The molecule has 5 nitrogen and oxygen atoms in total. The number of Topliss-reactive ketones (excluding diaryl/α,β-unsaturated/α-hetero) is 1. The number of para-hydroxylation sites is 1. The van der Waals surface area contributed by atoms with Gasteiger partial charge in [-0.15, -0.1) is 0 Å². The topological polar surface area (TPSA) is 66.8 Å². The zero-order chi connectivity index (χ0) is 28.4. The minimum Gasteiger partial charge on any atom is -0.507 e. The average Bonchev–Trinajstić information content (AvgIpc) is 3.22. The van der Waals surface area contributed by atoms with E-state index in [1.165, 1.54) is 4.90 Å². The van der Waals surface area contributed by atoms with Crippen molar-refractivity contribution in [2.75, 3.05) is 4.90 Å². The molecule has 1 heterocycles. The number of anilines is 1. The molecule has 4 aromatic rings. The molecule has 202 valence electrons. The van der Waals surface area contributed by atoms with Crippen molar-refractivity contribution in [1.82, 2.24) is 0 Å². The molecule has 1 amide bonds. The number of hydrogen-bond acceptors (Lipinski definition) is 4. The van der Waals surface area contributed by atoms with Gasteiger partial charge in [0, 0.05) is 11.3 Å². The van der Waals surface area contributed by atoms with E-state index in [1.54, 1.807) is 12.1 Å². The quantitative estimate of drug-likeness (QED) is 0.159. The highest BCUT2D eigenvalue weighted by Crippen LogP contribution is 2.43. The van der Waals surface area contributed by atoms with Gasteiger partial charge >= 0.3 is 0 Å². The average molecular weight is 532 g/mol. The number of aryl methyl sites for hydroxylation is 1. The molecule has 0 spiro atoms. The molecular formula is C35H33NO4. The Bertz CT molecular complexity index is 1570. The Morgan fingerprint density at radius 2 is 1.48 bits per heavy atom. The van der Waals surface area contributed by atoms with Crippen molar-refractivity contribution in [3.63, 3.8) is 0 Å². The second-order valence-corrected chi connectivity index (χ2v) is 11.1. The van der Waals surface area contributed by atoms with Crippen molar-refractivity contribution in [2.45, 2.75) is 45.8 Å². The van der Waals surface area contributed by atoms with E-state index in [2.05, 4.69) is 20.8 Å². The molecule has 4 aromatic carbocycles. The summed E-state index contributed by atoms with van der Waals surface area (Å²) in [5, 5.41) is 11.7. The first-order chi connectivity index (χ1) is 19.1. The second-order valence-electron chi connectivity index (χ2n) is 11.1. The molecule has 5 heteroatoms. The van der Waals surface area contributed by atoms with Crippen LogP contribution in [-0.2, 0) is 21.6 Å². The number of carbonyl (C=O) groups is 2. The van der Waals surface area contributed by atoms with E-state index in [0.29, 0.717) is 29.2 Å². The van der Waals surface area contributed by atoms with Crippen LogP contribution in [0.25, 0.3) is 5.76 Å². The van der Waals surface area contributed by atoms with Crippen molar-refractivity contribution < 1.29 is 19.4 Å². The van der Waals surface area contributed by atoms with Gasteiger partial charge in [-0.3, -0.25) is 14.5 Å². The van der Waals surface area contributed by atoms with E-state index in [4.69, 9.17) is 4.74 Å². The first kappa shape index (κ1) is 26.9. The summed E-state index contributed by atoms with van der Waals surface area (Å²) < 4.78 is 5.96. The monoisotopic (exact) mass is 531 g/mol. The number of nitrogens with zero attached hydrogens (tertiary/aromatic N) is 1. The van der Waals surface area contributed by atoms with Crippen molar-refractivity contribution in [1.29, 1.82) is 0 Å². The van der Waals surface area contributed by atoms with Gasteiger partial charge in [-0.2, -0.15) is 0 Å². The fourth-order valence-electron chi connectivity index (χ4n) is 4.98. The Morgan fingerprint density at radius 3 is 2.10 bits per heavy atom. The number of aliphatic hydroxyl groups excluding tert-OH is 1. The van der Waals surface area contributed by atoms with Gasteiger partial charge in [0.05, 0.1) is 11.6 Å². The Labute approximate surface area is 235 Å². The maximum Gasteiger partial charge on any atom is 0.300 e. The summed E-state index contributed by atoms with van der Waals surface area (Å²) in [5.41, 5.74) is 4.63. The van der Waals surface area contributed by atoms with Crippen molar-refractivity contribution in [3.8, 4) is 5.75 Å². The van der Waals surface area contributed by atoms with Crippen LogP contribution < -0.4 is 9.64 Å². The second kappa shape index (κ2) is 10.9. The Kier molecular flexibility index (Phi) is 7.31. The molecule has 1 unspecified atom stereocenters. The standard InChI is InChI=1S/C35H33NO4/c1-23-15-18-26(35(2,3)4)21-29(23)32(37)30-31(36(34(39)33(30)38)27-13-9-6-10-14-27)25-16-19-28(20-17-25)40-22-24-11-7-5-8-12-24/h5-21,31,37H,22H2,1-4H3/b32-30+. The lowest BCUT2D eigenvalue weighted by molar-refractivity contribution is -0.132. The first-order valence-corrected chi connectivity index (χ1v) is 13.4. The molecule has 0 aliphatic carbocycles. The maximum atomic E-state index is 13.6. The van der Waals surface area contributed by atoms with Gasteiger partial charge in [-0.1, -0.05) is 93.6 Å². The molecule has 1 atom stereocenters. The van der Waals surface area contributed by atoms with Crippen molar-refractivity contribution in [3.05, 3.63) is 137 Å². The number of ketones is 1. The summed E-state index contributed by atoms with van der Waals surface area (Å²) in [6, 6.07) is 31.4. The molecule has 5 rings (SSSR count). The fraction of sp³-hybridized carbons (Fsp3) is 0.200. The van der Waals surface area contributed by atoms with Crippen LogP contribution in [0.2, 0.25) is 0 Å². The van der Waals surface area contributed by atoms with Gasteiger partial charge in [0.2, 0.25) is 0 Å². The zero-order valence-electron chi connectivity index (χ0n) is 23.2. The summed E-state index contributed by atoms with van der Waals surface area (Å²) in [6.07, 6.45) is 0. The van der Waals surface area contributed by atoms with Crippen LogP contribution in [0.5, 0.6) is 5.75 Å². The van der Waals surface area contributed by atoms with Gasteiger partial charge in [-0.05, 0) is 64.9 Å². The molecule has 1 aliphatic heterocycles. The highest BCUT2D eigenvalue weighted by atomic mass is 16.5. The summed E-state index contributed by atoms with van der Waals surface area (Å²) in [4.78, 5) is 28.5.